The van der Waals surface area contributed by atoms with Crippen LogP contribution in [0.5, 0.6) is 5.75 Å². The Morgan fingerprint density at radius 1 is 1.29 bits per heavy atom. The van der Waals surface area contributed by atoms with E-state index in [1.165, 1.54) is 0 Å². The van der Waals surface area contributed by atoms with Gasteiger partial charge in [0.1, 0.15) is 18.1 Å². The molecular formula is C15H16BrCl2NO2. The van der Waals surface area contributed by atoms with Gasteiger partial charge in [-0.3, -0.25) is 0 Å². The van der Waals surface area contributed by atoms with Crippen LogP contribution in [-0.4, -0.2) is 6.04 Å². The van der Waals surface area contributed by atoms with E-state index in [0.29, 0.717) is 28.4 Å². The Kier molecular flexibility index (Phi) is 5.99. The third-order valence-corrected chi connectivity index (χ3v) is 4.36. The molecule has 0 radical (unpaired) electrons. The topological polar surface area (TPSA) is 34.4 Å². The fourth-order valence-electron chi connectivity index (χ4n) is 1.72. The van der Waals surface area contributed by atoms with Gasteiger partial charge in [-0.05, 0) is 28.1 Å². The van der Waals surface area contributed by atoms with Crippen LogP contribution in [0.25, 0.3) is 0 Å². The maximum Gasteiger partial charge on any atom is 0.146 e. The second kappa shape index (κ2) is 7.54. The van der Waals surface area contributed by atoms with Gasteiger partial charge in [-0.15, -0.1) is 0 Å². The first-order valence-electron chi connectivity index (χ1n) is 6.53. The molecule has 3 nitrogen and oxygen atoms in total. The summed E-state index contributed by atoms with van der Waals surface area (Å²) in [4.78, 5) is 0. The number of ether oxygens (including phenoxy) is 1. The number of benzene rings is 1. The van der Waals surface area contributed by atoms with Crippen molar-refractivity contribution in [1.82, 2.24) is 5.32 Å². The Labute approximate surface area is 142 Å². The van der Waals surface area contributed by atoms with E-state index in [-0.39, 0.29) is 0 Å². The summed E-state index contributed by atoms with van der Waals surface area (Å²) in [5.41, 5.74) is 1.07. The molecule has 2 aromatic rings. The first-order valence-corrected chi connectivity index (χ1v) is 8.08. The van der Waals surface area contributed by atoms with Crippen molar-refractivity contribution < 1.29 is 9.15 Å². The summed E-state index contributed by atoms with van der Waals surface area (Å²) in [5, 5.41) is 4.40. The van der Waals surface area contributed by atoms with E-state index in [2.05, 4.69) is 35.1 Å². The van der Waals surface area contributed by atoms with Crippen LogP contribution < -0.4 is 10.1 Å². The van der Waals surface area contributed by atoms with Crippen molar-refractivity contribution in [1.29, 1.82) is 0 Å². The maximum absolute atomic E-state index is 6.13. The molecule has 114 valence electrons. The fraction of sp³-hybridized carbons (Fsp3) is 0.333. The van der Waals surface area contributed by atoms with Gasteiger partial charge in [-0.1, -0.05) is 37.0 Å². The van der Waals surface area contributed by atoms with Crippen molar-refractivity contribution in [2.75, 3.05) is 0 Å². The Morgan fingerprint density at radius 2 is 2.05 bits per heavy atom. The first-order chi connectivity index (χ1) is 9.97. The van der Waals surface area contributed by atoms with Crippen molar-refractivity contribution in [3.8, 4) is 5.75 Å². The molecule has 0 saturated carbocycles. The van der Waals surface area contributed by atoms with Crippen LogP contribution in [0.4, 0.5) is 0 Å². The minimum Gasteiger partial charge on any atom is -0.484 e. The molecule has 1 heterocycles. The summed E-state index contributed by atoms with van der Waals surface area (Å²) < 4.78 is 11.9. The van der Waals surface area contributed by atoms with Gasteiger partial charge < -0.3 is 14.5 Å². The van der Waals surface area contributed by atoms with Gasteiger partial charge in [-0.2, -0.15) is 0 Å². The molecular weight excluding hydrogens is 377 g/mol. The van der Waals surface area contributed by atoms with Crippen LogP contribution in [0.15, 0.2) is 33.4 Å². The smallest absolute Gasteiger partial charge is 0.146 e. The average molecular weight is 393 g/mol. The highest BCUT2D eigenvalue weighted by Crippen LogP contribution is 2.34. The van der Waals surface area contributed by atoms with Crippen molar-refractivity contribution in [3.05, 3.63) is 50.3 Å². The van der Waals surface area contributed by atoms with E-state index in [0.717, 1.165) is 22.3 Å². The second-order valence-electron chi connectivity index (χ2n) is 4.89. The summed E-state index contributed by atoms with van der Waals surface area (Å²) in [7, 11) is 0. The summed E-state index contributed by atoms with van der Waals surface area (Å²) in [6.45, 7) is 5.24. The van der Waals surface area contributed by atoms with Crippen LogP contribution in [0.2, 0.25) is 10.0 Å². The highest BCUT2D eigenvalue weighted by atomic mass is 79.9. The molecule has 0 saturated heterocycles. The zero-order chi connectivity index (χ0) is 15.4. The SMILES string of the molecule is CC(C)NCc1ccoc1COc1cc(Cl)c(Br)cc1Cl. The zero-order valence-corrected chi connectivity index (χ0v) is 14.8. The number of hydrogen-bond donors (Lipinski definition) is 1. The standard InChI is InChI=1S/C15H16BrCl2NO2/c1-9(2)19-7-10-3-4-20-15(10)8-21-14-6-12(17)11(16)5-13(14)18/h3-6,9,19H,7-8H2,1-2H3. The van der Waals surface area contributed by atoms with E-state index in [1.54, 1.807) is 18.4 Å². The van der Waals surface area contributed by atoms with E-state index in [1.807, 2.05) is 6.07 Å². The molecule has 0 spiro atoms. The Morgan fingerprint density at radius 3 is 2.76 bits per heavy atom. The highest BCUT2D eigenvalue weighted by molar-refractivity contribution is 9.10. The first kappa shape index (κ1) is 16.7. The number of halogens is 3. The molecule has 0 atom stereocenters. The molecule has 6 heteroatoms. The average Bonchev–Trinajstić information content (AvgIpc) is 2.86. The van der Waals surface area contributed by atoms with Crippen LogP contribution in [-0.2, 0) is 13.2 Å². The van der Waals surface area contributed by atoms with Crippen LogP contribution in [0.3, 0.4) is 0 Å². The van der Waals surface area contributed by atoms with Crippen LogP contribution in [0, 0.1) is 0 Å². The predicted molar refractivity (Wildman–Crippen MR) is 89.2 cm³/mol. The third-order valence-electron chi connectivity index (χ3n) is 2.87. The number of rotatable bonds is 6. The summed E-state index contributed by atoms with van der Waals surface area (Å²) in [6, 6.07) is 5.74. The molecule has 0 aliphatic heterocycles. The lowest BCUT2D eigenvalue weighted by Crippen LogP contribution is -2.22. The fourth-order valence-corrected chi connectivity index (χ4v) is 2.57. The molecule has 0 unspecified atom stereocenters. The quantitative estimate of drug-likeness (QED) is 0.666. The molecule has 0 fully saturated rings. The van der Waals surface area contributed by atoms with Gasteiger partial charge >= 0.3 is 0 Å². The van der Waals surface area contributed by atoms with E-state index < -0.39 is 0 Å². The molecule has 1 N–H and O–H groups in total. The highest BCUT2D eigenvalue weighted by Gasteiger charge is 2.11. The summed E-state index contributed by atoms with van der Waals surface area (Å²) >= 11 is 15.5. The second-order valence-corrected chi connectivity index (χ2v) is 6.56. The number of nitrogens with one attached hydrogen (secondary N) is 1. The van der Waals surface area contributed by atoms with Gasteiger partial charge in [0.2, 0.25) is 0 Å². The van der Waals surface area contributed by atoms with Crippen molar-refractivity contribution in [2.45, 2.75) is 33.0 Å². The Hall–Kier alpha value is -0.680. The zero-order valence-electron chi connectivity index (χ0n) is 11.8. The third kappa shape index (κ3) is 4.65. The van der Waals surface area contributed by atoms with Crippen molar-refractivity contribution >= 4 is 39.1 Å². The Balaban J connectivity index is 2.03. The molecule has 0 bridgehead atoms. The van der Waals surface area contributed by atoms with Gasteiger partial charge in [0, 0.05) is 28.7 Å². The van der Waals surface area contributed by atoms with Crippen molar-refractivity contribution in [3.63, 3.8) is 0 Å². The summed E-state index contributed by atoms with van der Waals surface area (Å²) in [6.07, 6.45) is 1.66. The molecule has 1 aromatic heterocycles. The lowest BCUT2D eigenvalue weighted by atomic mass is 10.2. The number of furan rings is 1. The minimum atomic E-state index is 0.305. The maximum atomic E-state index is 6.13. The normalized spacial score (nSPS) is 11.1. The van der Waals surface area contributed by atoms with Gasteiger partial charge in [0.25, 0.3) is 0 Å². The summed E-state index contributed by atoms with van der Waals surface area (Å²) in [5.74, 6) is 1.31. The molecule has 1 aromatic carbocycles. The van der Waals surface area contributed by atoms with Crippen molar-refractivity contribution in [2.24, 2.45) is 0 Å². The van der Waals surface area contributed by atoms with Gasteiger partial charge in [0.15, 0.2) is 0 Å². The largest absolute Gasteiger partial charge is 0.484 e. The van der Waals surface area contributed by atoms with Crippen LogP contribution >= 0.6 is 39.1 Å². The van der Waals surface area contributed by atoms with Gasteiger partial charge in [0.05, 0.1) is 16.3 Å². The molecule has 0 aliphatic carbocycles. The predicted octanol–water partition coefficient (Wildman–Crippen LogP) is 5.43. The monoisotopic (exact) mass is 391 g/mol. The number of hydrogen-bond acceptors (Lipinski definition) is 3. The molecule has 0 aliphatic rings. The van der Waals surface area contributed by atoms with E-state index in [9.17, 15) is 0 Å². The molecule has 0 amide bonds. The van der Waals surface area contributed by atoms with E-state index >= 15 is 0 Å². The lowest BCUT2D eigenvalue weighted by molar-refractivity contribution is 0.268. The lowest BCUT2D eigenvalue weighted by Gasteiger charge is -2.10. The minimum absolute atomic E-state index is 0.305. The van der Waals surface area contributed by atoms with Gasteiger partial charge in [-0.25, -0.2) is 0 Å². The molecule has 2 rings (SSSR count). The molecule has 21 heavy (non-hydrogen) atoms. The van der Waals surface area contributed by atoms with Crippen LogP contribution in [0.1, 0.15) is 25.2 Å². The van der Waals surface area contributed by atoms with E-state index in [4.69, 9.17) is 32.4 Å². The Bertz CT molecular complexity index is 614.